The van der Waals surface area contributed by atoms with Crippen molar-refractivity contribution in [3.8, 4) is 22.8 Å². The highest BCUT2D eigenvalue weighted by Gasteiger charge is 2.11. The third-order valence-electron chi connectivity index (χ3n) is 5.75. The Morgan fingerprint density at radius 2 is 1.61 bits per heavy atom. The Morgan fingerprint density at radius 1 is 0.970 bits per heavy atom. The lowest BCUT2D eigenvalue weighted by atomic mass is 10.1. The summed E-state index contributed by atoms with van der Waals surface area (Å²) in [4.78, 5) is 6.04. The summed E-state index contributed by atoms with van der Waals surface area (Å²) in [5, 5.41) is 0. The number of aryl methyl sites for hydroxylation is 3. The predicted molar refractivity (Wildman–Crippen MR) is 129 cm³/mol. The molecule has 1 N–H and O–H groups in total. The second-order valence-electron chi connectivity index (χ2n) is 8.08. The maximum absolute atomic E-state index is 10.6. The quantitative estimate of drug-likeness (QED) is 0.380. The molecular weight excluding hydrogens is 438 g/mol. The lowest BCUT2D eigenvalue weighted by Gasteiger charge is -2.10. The number of benzene rings is 1. The van der Waals surface area contributed by atoms with E-state index >= 15 is 0 Å². The van der Waals surface area contributed by atoms with E-state index in [1.54, 1.807) is 11.1 Å². The molecule has 3 rings (SSSR count). The SMILES string of the molecule is CC[NH+](CC)CC.Cc1ccc(-c2ncc(-c3cc[n+](CCCS(=O)(=O)[O-])cc3)o2)cc1C. The van der Waals surface area contributed by atoms with Crippen LogP contribution in [-0.2, 0) is 16.7 Å². The van der Waals surface area contributed by atoms with Gasteiger partial charge in [0.15, 0.2) is 18.2 Å². The minimum absolute atomic E-state index is 0.287. The van der Waals surface area contributed by atoms with Gasteiger partial charge in [-0.1, -0.05) is 6.07 Å². The molecule has 0 aliphatic rings. The van der Waals surface area contributed by atoms with Crippen LogP contribution in [0.4, 0.5) is 0 Å². The van der Waals surface area contributed by atoms with Crippen LogP contribution in [0.25, 0.3) is 22.8 Å². The molecule has 2 heterocycles. The number of nitrogens with zero attached hydrogens (tertiary/aromatic N) is 2. The Morgan fingerprint density at radius 3 is 2.12 bits per heavy atom. The van der Waals surface area contributed by atoms with Gasteiger partial charge in [-0.15, -0.1) is 0 Å². The molecule has 0 atom stereocenters. The molecule has 0 radical (unpaired) electrons. The molecule has 0 fully saturated rings. The van der Waals surface area contributed by atoms with E-state index in [0.29, 0.717) is 18.2 Å². The normalized spacial score (nSPS) is 11.4. The van der Waals surface area contributed by atoms with Crippen molar-refractivity contribution in [2.24, 2.45) is 0 Å². The van der Waals surface area contributed by atoms with E-state index in [9.17, 15) is 13.0 Å². The van der Waals surface area contributed by atoms with Crippen molar-refractivity contribution >= 4 is 10.1 Å². The average molecular weight is 475 g/mol. The number of aromatic nitrogens is 2. The first kappa shape index (κ1) is 26.7. The van der Waals surface area contributed by atoms with E-state index in [1.165, 1.54) is 30.8 Å². The number of quaternary nitrogens is 1. The lowest BCUT2D eigenvalue weighted by Crippen LogP contribution is -3.11. The van der Waals surface area contributed by atoms with Gasteiger partial charge in [-0.05, 0) is 57.9 Å². The molecule has 180 valence electrons. The zero-order chi connectivity index (χ0) is 24.4. The molecule has 0 unspecified atom stereocenters. The summed E-state index contributed by atoms with van der Waals surface area (Å²) in [5.74, 6) is 0.872. The number of pyridine rings is 1. The molecule has 7 nitrogen and oxygen atoms in total. The monoisotopic (exact) mass is 474 g/mol. The summed E-state index contributed by atoms with van der Waals surface area (Å²) >= 11 is 0. The average Bonchev–Trinajstić information content (AvgIpc) is 3.27. The molecule has 3 aromatic rings. The van der Waals surface area contributed by atoms with Crippen molar-refractivity contribution in [1.29, 1.82) is 0 Å². The fourth-order valence-electron chi connectivity index (χ4n) is 3.36. The smallest absolute Gasteiger partial charge is 0.226 e. The van der Waals surface area contributed by atoms with Crippen LogP contribution in [0.3, 0.4) is 0 Å². The topological polar surface area (TPSA) is 91.5 Å². The summed E-state index contributed by atoms with van der Waals surface area (Å²) in [7, 11) is -4.16. The molecule has 0 aliphatic heterocycles. The third kappa shape index (κ3) is 8.72. The van der Waals surface area contributed by atoms with Crippen LogP contribution in [0, 0.1) is 13.8 Å². The van der Waals surface area contributed by atoms with Gasteiger partial charge >= 0.3 is 0 Å². The van der Waals surface area contributed by atoms with Crippen LogP contribution < -0.4 is 9.47 Å². The number of hydrogen-bond acceptors (Lipinski definition) is 5. The minimum Gasteiger partial charge on any atom is -0.748 e. The lowest BCUT2D eigenvalue weighted by molar-refractivity contribution is -0.894. The zero-order valence-electron chi connectivity index (χ0n) is 20.3. The van der Waals surface area contributed by atoms with Gasteiger partial charge in [0, 0.05) is 35.4 Å². The van der Waals surface area contributed by atoms with Gasteiger partial charge in [0.1, 0.15) is 6.54 Å². The minimum atomic E-state index is -4.16. The molecule has 8 heteroatoms. The number of oxazole rings is 1. The Labute approximate surface area is 197 Å². The molecule has 1 aromatic carbocycles. The third-order valence-corrected chi connectivity index (χ3v) is 6.53. The van der Waals surface area contributed by atoms with Crippen LogP contribution in [0.5, 0.6) is 0 Å². The maximum Gasteiger partial charge on any atom is 0.226 e. The Kier molecular flexibility index (Phi) is 10.2. The Hall–Kier alpha value is -2.55. The number of rotatable bonds is 9. The highest BCUT2D eigenvalue weighted by atomic mass is 32.2. The second-order valence-corrected chi connectivity index (χ2v) is 9.60. The zero-order valence-corrected chi connectivity index (χ0v) is 21.1. The van der Waals surface area contributed by atoms with Gasteiger partial charge < -0.3 is 13.9 Å². The van der Waals surface area contributed by atoms with Crippen molar-refractivity contribution in [3.63, 3.8) is 0 Å². The van der Waals surface area contributed by atoms with Gasteiger partial charge in [-0.25, -0.2) is 18.0 Å². The Bertz CT molecular complexity index is 1100. The van der Waals surface area contributed by atoms with E-state index < -0.39 is 10.1 Å². The van der Waals surface area contributed by atoms with Crippen LogP contribution in [0.15, 0.2) is 53.3 Å². The molecule has 0 amide bonds. The molecule has 0 saturated carbocycles. The second kappa shape index (κ2) is 12.6. The summed E-state index contributed by atoms with van der Waals surface area (Å²) in [6.07, 6.45) is 5.62. The molecule has 0 bridgehead atoms. The predicted octanol–water partition coefficient (Wildman–Crippen LogP) is 2.78. The highest BCUT2D eigenvalue weighted by molar-refractivity contribution is 7.85. The van der Waals surface area contributed by atoms with Crippen LogP contribution in [0.1, 0.15) is 38.3 Å². The first-order valence-electron chi connectivity index (χ1n) is 11.5. The summed E-state index contributed by atoms with van der Waals surface area (Å²) in [6, 6.07) is 9.82. The van der Waals surface area contributed by atoms with E-state index in [1.807, 2.05) is 47.3 Å². The maximum atomic E-state index is 10.6. The largest absolute Gasteiger partial charge is 0.748 e. The van der Waals surface area contributed by atoms with Crippen LogP contribution in [0.2, 0.25) is 0 Å². The van der Waals surface area contributed by atoms with Gasteiger partial charge in [-0.3, -0.25) is 0 Å². The van der Waals surface area contributed by atoms with Gasteiger partial charge in [0.05, 0.1) is 35.9 Å². The number of hydrogen-bond donors (Lipinski definition) is 1. The van der Waals surface area contributed by atoms with E-state index in [2.05, 4.69) is 39.6 Å². The Balaban J connectivity index is 0.000000479. The van der Waals surface area contributed by atoms with E-state index in [4.69, 9.17) is 4.42 Å². The fourth-order valence-corrected chi connectivity index (χ4v) is 3.84. The summed E-state index contributed by atoms with van der Waals surface area (Å²) in [5.41, 5.74) is 4.21. The highest BCUT2D eigenvalue weighted by Crippen LogP contribution is 2.26. The van der Waals surface area contributed by atoms with Crippen molar-refractivity contribution in [2.75, 3.05) is 25.4 Å². The molecule has 2 aromatic heterocycles. The number of nitrogens with one attached hydrogen (secondary N) is 1. The molecule has 0 saturated heterocycles. The molecule has 33 heavy (non-hydrogen) atoms. The van der Waals surface area contributed by atoms with Crippen LogP contribution >= 0.6 is 0 Å². The van der Waals surface area contributed by atoms with E-state index in [-0.39, 0.29) is 12.2 Å². The molecule has 0 spiro atoms. The van der Waals surface area contributed by atoms with Crippen molar-refractivity contribution in [2.45, 2.75) is 47.6 Å². The first-order valence-corrected chi connectivity index (χ1v) is 13.0. The van der Waals surface area contributed by atoms with Crippen molar-refractivity contribution in [1.82, 2.24) is 4.98 Å². The fraction of sp³-hybridized carbons (Fsp3) is 0.440. The molecular formula is C25H36N3O4S+. The van der Waals surface area contributed by atoms with E-state index in [0.717, 1.165) is 11.1 Å². The summed E-state index contributed by atoms with van der Waals surface area (Å²) in [6.45, 7) is 15.1. The van der Waals surface area contributed by atoms with Crippen molar-refractivity contribution < 1.29 is 26.9 Å². The first-order chi connectivity index (χ1) is 15.7. The summed E-state index contributed by atoms with van der Waals surface area (Å²) < 4.78 is 39.6. The molecule has 0 aliphatic carbocycles. The van der Waals surface area contributed by atoms with Gasteiger partial charge in [0.2, 0.25) is 5.89 Å². The van der Waals surface area contributed by atoms with Crippen LogP contribution in [-0.4, -0.2) is 43.3 Å². The standard InChI is InChI=1S/C19H20N2O4S.C6H15N/c1-14-4-5-17(12-15(14)2)19-20-13-18(25-19)16-6-9-21(10-7-16)8-3-11-26(22,23)24;1-4-7(5-2)6-3/h4-7,9-10,12-13H,3,8,11H2,1-2H3;4-6H2,1-3H3/p+1. The van der Waals surface area contributed by atoms with Gasteiger partial charge in [-0.2, -0.15) is 0 Å². The van der Waals surface area contributed by atoms with Crippen molar-refractivity contribution in [3.05, 3.63) is 60.0 Å². The van der Waals surface area contributed by atoms with Gasteiger partial charge in [0.25, 0.3) is 0 Å².